The number of allylic oxidation sites excluding steroid dienone is 8. The van der Waals surface area contributed by atoms with Crippen LogP contribution in [0.5, 0.6) is 0 Å². The maximum atomic E-state index is 14.0. The molecule has 0 amide bonds. The van der Waals surface area contributed by atoms with Crippen LogP contribution in [0.3, 0.4) is 0 Å². The summed E-state index contributed by atoms with van der Waals surface area (Å²) in [5, 5.41) is 0. The molecule has 0 atom stereocenters. The van der Waals surface area contributed by atoms with Crippen molar-refractivity contribution in [3.8, 4) is 0 Å². The van der Waals surface area contributed by atoms with Crippen LogP contribution in [0.2, 0.25) is 0 Å². The molecule has 3 aliphatic rings. The fourth-order valence-corrected chi connectivity index (χ4v) is 10.5. The number of benzene rings is 2. The van der Waals surface area contributed by atoms with Crippen molar-refractivity contribution in [1.29, 1.82) is 0 Å². The van der Waals surface area contributed by atoms with Gasteiger partial charge in [-0.15, -0.1) is 0 Å². The number of hydrogen-bond acceptors (Lipinski definition) is 13. The molecule has 0 radical (unpaired) electrons. The lowest BCUT2D eigenvalue weighted by molar-refractivity contribution is -0.437. The Morgan fingerprint density at radius 1 is 0.719 bits per heavy atom. The fourth-order valence-electron chi connectivity index (χ4n) is 8.52. The Morgan fingerprint density at radius 2 is 1.27 bits per heavy atom. The molecule has 0 unspecified atom stereocenters. The van der Waals surface area contributed by atoms with Crippen molar-refractivity contribution in [3.63, 3.8) is 0 Å². The van der Waals surface area contributed by atoms with Crippen LogP contribution in [-0.4, -0.2) is 112 Å². The van der Waals surface area contributed by atoms with Gasteiger partial charge in [0.25, 0.3) is 40.5 Å². The SMILES string of the molecule is CCOC(=O)C1(C(=O)OCC)CC(/C=C/C2=[N+](CCCS(=O)(=O)O)c3ccc(S(=O)(=O)O)cc3C2(C)C)=CC(=C/C=C2/N(CCCS(=O)(=O)O)c3ccc(S(=O)(=O)O)cc3C2(C)C)/C1. The van der Waals surface area contributed by atoms with Crippen molar-refractivity contribution in [3.05, 3.63) is 94.7 Å². The van der Waals surface area contributed by atoms with Crippen molar-refractivity contribution in [1.82, 2.24) is 0 Å². The van der Waals surface area contributed by atoms with E-state index in [1.807, 2.05) is 0 Å². The Morgan fingerprint density at radius 3 is 1.81 bits per heavy atom. The highest BCUT2D eigenvalue weighted by Crippen LogP contribution is 2.49. The number of carbonyl (C=O) groups is 2. The zero-order chi connectivity index (χ0) is 47.8. The van der Waals surface area contributed by atoms with Crippen LogP contribution in [-0.2, 0) is 70.4 Å². The number of nitrogens with zero attached hydrogens (tertiary/aromatic N) is 2. The topological polar surface area (TPSA) is 276 Å². The minimum Gasteiger partial charge on any atom is -0.465 e. The Kier molecular flexibility index (Phi) is 14.5. The summed E-state index contributed by atoms with van der Waals surface area (Å²) >= 11 is 0. The molecule has 0 saturated carbocycles. The van der Waals surface area contributed by atoms with Crippen molar-refractivity contribution in [2.24, 2.45) is 5.41 Å². The van der Waals surface area contributed by atoms with E-state index in [9.17, 15) is 61.5 Å². The summed E-state index contributed by atoms with van der Waals surface area (Å²) in [5.41, 5.74) is 0.0942. The maximum Gasteiger partial charge on any atom is 0.324 e. The van der Waals surface area contributed by atoms with E-state index in [1.165, 1.54) is 36.4 Å². The molecule has 4 N–H and O–H groups in total. The highest BCUT2D eigenvalue weighted by Gasteiger charge is 2.52. The Hall–Kier alpha value is -4.55. The second-order valence-electron chi connectivity index (χ2n) is 16.7. The first-order valence-electron chi connectivity index (χ1n) is 20.2. The van der Waals surface area contributed by atoms with Crippen molar-refractivity contribution >= 4 is 69.5 Å². The van der Waals surface area contributed by atoms with Crippen molar-refractivity contribution in [2.75, 3.05) is 42.7 Å². The number of fused-ring (bicyclic) bond motifs is 2. The highest BCUT2D eigenvalue weighted by atomic mass is 32.2. The lowest BCUT2D eigenvalue weighted by atomic mass is 9.71. The van der Waals surface area contributed by atoms with Crippen LogP contribution in [0.1, 0.15) is 78.4 Å². The number of rotatable bonds is 17. The van der Waals surface area contributed by atoms with Gasteiger partial charge in [-0.3, -0.25) is 27.8 Å². The van der Waals surface area contributed by atoms with Crippen molar-refractivity contribution < 1.29 is 75.5 Å². The molecular formula is C42H53N2O16S4+. The molecule has 0 saturated heterocycles. The van der Waals surface area contributed by atoms with Crippen LogP contribution in [0.15, 0.2) is 93.4 Å². The first-order chi connectivity index (χ1) is 29.5. The molecule has 5 rings (SSSR count). The predicted molar refractivity (Wildman–Crippen MR) is 236 cm³/mol. The number of carbonyl (C=O) groups excluding carboxylic acids is 2. The third-order valence-corrected chi connectivity index (χ3v) is 14.8. The predicted octanol–water partition coefficient (Wildman–Crippen LogP) is 5.11. The molecule has 2 aromatic carbocycles. The van der Waals surface area contributed by atoms with Crippen LogP contribution < -0.4 is 4.90 Å². The summed E-state index contributed by atoms with van der Waals surface area (Å²) in [7, 11) is -17.9. The Labute approximate surface area is 374 Å². The standard InChI is InChI=1S/C42H52N2O16S4/c1-7-59-38(45)42(39(46)60-8-2)26-28(11-17-36-40(3,4)32-24-30(63(53,54)55)13-15-34(32)43(36)19-9-21-61(47,48)49)23-29(27-42)12-18-37-41(5,6)33-25-31(64(56,57)58)14-16-35(33)44(37)20-10-22-62(50,51)52/h11-18,23-25H,7-10,19-22,26-27H2,1-6H3,(H3-,47,48,49,50,51,52,53,54,55,56,57,58)/p+1. The fraction of sp³-hybridized carbons (Fsp3) is 0.452. The van der Waals surface area contributed by atoms with E-state index in [0.717, 1.165) is 0 Å². The first-order valence-corrected chi connectivity index (χ1v) is 26.3. The molecule has 0 spiro atoms. The van der Waals surface area contributed by atoms with Crippen LogP contribution in [0.4, 0.5) is 11.4 Å². The van der Waals surface area contributed by atoms with E-state index in [2.05, 4.69) is 0 Å². The van der Waals surface area contributed by atoms with E-state index in [-0.39, 0.29) is 61.8 Å². The lowest BCUT2D eigenvalue weighted by Gasteiger charge is -2.33. The van der Waals surface area contributed by atoms with Gasteiger partial charge < -0.3 is 14.4 Å². The molecule has 1 aliphatic carbocycles. The van der Waals surface area contributed by atoms with Gasteiger partial charge in [-0.2, -0.15) is 38.2 Å². The number of esters is 2. The van der Waals surface area contributed by atoms with E-state index in [4.69, 9.17) is 9.47 Å². The molecule has 18 nitrogen and oxygen atoms in total. The minimum atomic E-state index is -4.61. The summed E-state index contributed by atoms with van der Waals surface area (Å²) in [6, 6.07) is 8.02. The highest BCUT2D eigenvalue weighted by molar-refractivity contribution is 7.86. The zero-order valence-corrected chi connectivity index (χ0v) is 39.4. The minimum absolute atomic E-state index is 0.0327. The number of anilines is 1. The largest absolute Gasteiger partial charge is 0.465 e. The van der Waals surface area contributed by atoms with Gasteiger partial charge in [-0.05, 0) is 100 Å². The van der Waals surface area contributed by atoms with Gasteiger partial charge in [-0.1, -0.05) is 32.1 Å². The van der Waals surface area contributed by atoms with Gasteiger partial charge >= 0.3 is 11.9 Å². The second kappa shape index (κ2) is 18.4. The Bertz CT molecular complexity index is 2840. The normalized spacial score (nSPS) is 19.5. The summed E-state index contributed by atoms with van der Waals surface area (Å²) in [6.45, 7) is 10.3. The van der Waals surface area contributed by atoms with E-state index >= 15 is 0 Å². The molecule has 2 heterocycles. The van der Waals surface area contributed by atoms with Gasteiger partial charge in [0.2, 0.25) is 5.69 Å². The first kappa shape index (κ1) is 50.4. The molecule has 0 aromatic heterocycles. The summed E-state index contributed by atoms with van der Waals surface area (Å²) in [5.74, 6) is -2.85. The lowest BCUT2D eigenvalue weighted by Crippen LogP contribution is -2.44. The van der Waals surface area contributed by atoms with Crippen molar-refractivity contribution in [2.45, 2.75) is 87.8 Å². The smallest absolute Gasteiger partial charge is 0.324 e. The van der Waals surface area contributed by atoms with Crippen LogP contribution in [0, 0.1) is 5.41 Å². The van der Waals surface area contributed by atoms with Gasteiger partial charge in [-0.25, -0.2) is 0 Å². The second-order valence-corrected chi connectivity index (χ2v) is 22.7. The van der Waals surface area contributed by atoms with Gasteiger partial charge in [0.05, 0.1) is 39.9 Å². The molecule has 22 heteroatoms. The molecule has 2 aromatic rings. The third kappa shape index (κ3) is 10.9. The molecule has 64 heavy (non-hydrogen) atoms. The monoisotopic (exact) mass is 969 g/mol. The zero-order valence-electron chi connectivity index (χ0n) is 36.1. The third-order valence-electron chi connectivity index (χ3n) is 11.5. The molecular weight excluding hydrogens is 917 g/mol. The maximum absolute atomic E-state index is 14.0. The molecule has 350 valence electrons. The van der Waals surface area contributed by atoms with E-state index in [0.29, 0.717) is 45.1 Å². The quantitative estimate of drug-likeness (QED) is 0.0694. The average Bonchev–Trinajstić information content (AvgIpc) is 3.51. The van der Waals surface area contributed by atoms with Gasteiger partial charge in [0.15, 0.2) is 11.1 Å². The Balaban J connectivity index is 1.70. The molecule has 0 fully saturated rings. The summed E-state index contributed by atoms with van der Waals surface area (Å²) in [4.78, 5) is 29.0. The summed E-state index contributed by atoms with van der Waals surface area (Å²) in [6.07, 6.45) is 7.99. The van der Waals surface area contributed by atoms with E-state index in [1.54, 1.807) is 81.4 Å². The number of hydrogen-bond donors (Lipinski definition) is 4. The van der Waals surface area contributed by atoms with Gasteiger partial charge in [0, 0.05) is 47.5 Å². The van der Waals surface area contributed by atoms with Gasteiger partial charge in [0.1, 0.15) is 6.54 Å². The van der Waals surface area contributed by atoms with E-state index < -0.39 is 80.2 Å². The molecule has 0 bridgehead atoms. The number of ether oxygens (including phenoxy) is 2. The van der Waals surface area contributed by atoms with Crippen LogP contribution in [0.25, 0.3) is 0 Å². The average molecular weight is 970 g/mol. The molecule has 2 aliphatic heterocycles. The summed E-state index contributed by atoms with van der Waals surface area (Å²) < 4.78 is 147. The van der Waals surface area contributed by atoms with Crippen LogP contribution >= 0.6 is 0 Å².